The first-order chi connectivity index (χ1) is 8.92. The summed E-state index contributed by atoms with van der Waals surface area (Å²) >= 11 is 0. The van der Waals surface area contributed by atoms with E-state index in [9.17, 15) is 0 Å². The molecular formula is C15H22N2O. The summed E-state index contributed by atoms with van der Waals surface area (Å²) in [5.41, 5.74) is 1.40. The maximum atomic E-state index is 5.93. The van der Waals surface area contributed by atoms with E-state index in [4.69, 9.17) is 4.74 Å². The smallest absolute Gasteiger partial charge is 0.0855 e. The number of benzene rings is 1. The molecule has 2 saturated heterocycles. The lowest BCUT2D eigenvalue weighted by molar-refractivity contribution is -0.0460. The molecule has 1 aromatic rings. The van der Waals surface area contributed by atoms with Gasteiger partial charge in [-0.05, 0) is 24.9 Å². The van der Waals surface area contributed by atoms with Crippen molar-refractivity contribution < 1.29 is 4.74 Å². The molecule has 2 atom stereocenters. The van der Waals surface area contributed by atoms with Crippen molar-refractivity contribution in [3.63, 3.8) is 0 Å². The SMILES string of the molecule is c1ccc(CN2CCOC(C3CCCN3)C2)cc1. The molecule has 0 radical (unpaired) electrons. The van der Waals surface area contributed by atoms with Gasteiger partial charge in [-0.15, -0.1) is 0 Å². The second kappa shape index (κ2) is 5.83. The number of hydrogen-bond donors (Lipinski definition) is 1. The molecule has 0 bridgehead atoms. The Kier molecular flexibility index (Phi) is 3.93. The maximum absolute atomic E-state index is 5.93. The summed E-state index contributed by atoms with van der Waals surface area (Å²) in [6, 6.07) is 11.3. The van der Waals surface area contributed by atoms with E-state index in [-0.39, 0.29) is 0 Å². The third-order valence-corrected chi connectivity index (χ3v) is 3.97. The fraction of sp³-hybridized carbons (Fsp3) is 0.600. The van der Waals surface area contributed by atoms with Gasteiger partial charge >= 0.3 is 0 Å². The van der Waals surface area contributed by atoms with E-state index in [0.717, 1.165) is 32.8 Å². The van der Waals surface area contributed by atoms with E-state index in [1.165, 1.54) is 18.4 Å². The van der Waals surface area contributed by atoms with E-state index >= 15 is 0 Å². The number of ether oxygens (including phenoxy) is 1. The highest BCUT2D eigenvalue weighted by molar-refractivity contribution is 5.14. The van der Waals surface area contributed by atoms with Crippen LogP contribution in [0.2, 0.25) is 0 Å². The van der Waals surface area contributed by atoms with Gasteiger partial charge in [0.25, 0.3) is 0 Å². The summed E-state index contributed by atoms with van der Waals surface area (Å²) in [6.07, 6.45) is 2.94. The van der Waals surface area contributed by atoms with E-state index in [2.05, 4.69) is 40.5 Å². The monoisotopic (exact) mass is 246 g/mol. The van der Waals surface area contributed by atoms with Crippen LogP contribution in [0.5, 0.6) is 0 Å². The van der Waals surface area contributed by atoms with Crippen molar-refractivity contribution in [1.82, 2.24) is 10.2 Å². The summed E-state index contributed by atoms with van der Waals surface area (Å²) in [5, 5.41) is 3.56. The van der Waals surface area contributed by atoms with Crippen LogP contribution in [-0.2, 0) is 11.3 Å². The maximum Gasteiger partial charge on any atom is 0.0855 e. The van der Waals surface area contributed by atoms with Crippen LogP contribution in [-0.4, -0.2) is 43.3 Å². The number of nitrogens with one attached hydrogen (secondary N) is 1. The molecule has 3 nitrogen and oxygen atoms in total. The molecule has 0 aliphatic carbocycles. The van der Waals surface area contributed by atoms with Gasteiger partial charge in [-0.25, -0.2) is 0 Å². The van der Waals surface area contributed by atoms with E-state index in [0.29, 0.717) is 12.1 Å². The molecule has 2 fully saturated rings. The molecule has 2 heterocycles. The molecule has 3 rings (SSSR count). The lowest BCUT2D eigenvalue weighted by atomic mass is 10.1. The third kappa shape index (κ3) is 2.91. The van der Waals surface area contributed by atoms with Crippen molar-refractivity contribution >= 4 is 0 Å². The number of morpholine rings is 1. The third-order valence-electron chi connectivity index (χ3n) is 3.97. The molecule has 2 unspecified atom stereocenters. The Bertz CT molecular complexity index is 362. The molecule has 98 valence electrons. The summed E-state index contributed by atoms with van der Waals surface area (Å²) in [7, 11) is 0. The standard InChI is InChI=1S/C15H22N2O/c1-2-5-13(6-3-1)11-17-9-10-18-15(12-17)14-7-4-8-16-14/h1-3,5-6,14-16H,4,7-12H2. The van der Waals surface area contributed by atoms with Gasteiger partial charge in [0.15, 0.2) is 0 Å². The molecule has 3 heteroatoms. The summed E-state index contributed by atoms with van der Waals surface area (Å²) in [5.74, 6) is 0. The second-order valence-electron chi connectivity index (χ2n) is 5.33. The highest BCUT2D eigenvalue weighted by atomic mass is 16.5. The summed E-state index contributed by atoms with van der Waals surface area (Å²) in [4.78, 5) is 2.52. The predicted molar refractivity (Wildman–Crippen MR) is 72.5 cm³/mol. The lowest BCUT2D eigenvalue weighted by Gasteiger charge is -2.35. The Hall–Kier alpha value is -0.900. The van der Waals surface area contributed by atoms with Gasteiger partial charge in [0.1, 0.15) is 0 Å². The average molecular weight is 246 g/mol. The first-order valence-electron chi connectivity index (χ1n) is 7.03. The van der Waals surface area contributed by atoms with E-state index in [1.807, 2.05) is 0 Å². The van der Waals surface area contributed by atoms with Gasteiger partial charge < -0.3 is 10.1 Å². The normalized spacial score (nSPS) is 29.6. The average Bonchev–Trinajstić information content (AvgIpc) is 2.94. The molecule has 0 spiro atoms. The summed E-state index contributed by atoms with van der Waals surface area (Å²) < 4.78 is 5.93. The van der Waals surface area contributed by atoms with Crippen LogP contribution in [0.1, 0.15) is 18.4 Å². The molecule has 1 aromatic carbocycles. The molecule has 2 aliphatic heterocycles. The Morgan fingerprint density at radius 3 is 2.94 bits per heavy atom. The Morgan fingerprint density at radius 1 is 1.28 bits per heavy atom. The number of hydrogen-bond acceptors (Lipinski definition) is 3. The zero-order valence-corrected chi connectivity index (χ0v) is 10.8. The van der Waals surface area contributed by atoms with Crippen molar-refractivity contribution in [2.75, 3.05) is 26.2 Å². The fourth-order valence-electron chi connectivity index (χ4n) is 2.99. The minimum absolute atomic E-state index is 0.380. The van der Waals surface area contributed by atoms with Crippen LogP contribution in [0, 0.1) is 0 Å². The quantitative estimate of drug-likeness (QED) is 0.877. The van der Waals surface area contributed by atoms with Crippen LogP contribution in [0.3, 0.4) is 0 Å². The highest BCUT2D eigenvalue weighted by Crippen LogP contribution is 2.17. The lowest BCUT2D eigenvalue weighted by Crippen LogP contribution is -2.50. The number of rotatable bonds is 3. The van der Waals surface area contributed by atoms with Gasteiger partial charge in [0.2, 0.25) is 0 Å². The first kappa shape index (κ1) is 12.2. The molecule has 2 aliphatic rings. The highest BCUT2D eigenvalue weighted by Gasteiger charge is 2.29. The Balaban J connectivity index is 1.56. The number of nitrogens with zero attached hydrogens (tertiary/aromatic N) is 1. The van der Waals surface area contributed by atoms with Crippen molar-refractivity contribution in [3.05, 3.63) is 35.9 Å². The molecular weight excluding hydrogens is 224 g/mol. The van der Waals surface area contributed by atoms with Crippen molar-refractivity contribution in [3.8, 4) is 0 Å². The molecule has 0 saturated carbocycles. The van der Waals surface area contributed by atoms with Gasteiger partial charge in [0, 0.05) is 25.7 Å². The van der Waals surface area contributed by atoms with Gasteiger partial charge in [-0.3, -0.25) is 4.90 Å². The van der Waals surface area contributed by atoms with Gasteiger partial charge in [-0.1, -0.05) is 30.3 Å². The van der Waals surface area contributed by atoms with E-state index in [1.54, 1.807) is 0 Å². The summed E-state index contributed by atoms with van der Waals surface area (Å²) in [6.45, 7) is 5.19. The fourth-order valence-corrected chi connectivity index (χ4v) is 2.99. The van der Waals surface area contributed by atoms with Crippen LogP contribution in [0.25, 0.3) is 0 Å². The van der Waals surface area contributed by atoms with Crippen molar-refractivity contribution in [1.29, 1.82) is 0 Å². The first-order valence-corrected chi connectivity index (χ1v) is 7.03. The second-order valence-corrected chi connectivity index (χ2v) is 5.33. The minimum atomic E-state index is 0.380. The van der Waals surface area contributed by atoms with Crippen molar-refractivity contribution in [2.45, 2.75) is 31.5 Å². The van der Waals surface area contributed by atoms with Crippen LogP contribution < -0.4 is 5.32 Å². The molecule has 18 heavy (non-hydrogen) atoms. The van der Waals surface area contributed by atoms with Crippen LogP contribution in [0.4, 0.5) is 0 Å². The molecule has 0 amide bonds. The topological polar surface area (TPSA) is 24.5 Å². The predicted octanol–water partition coefficient (Wildman–Crippen LogP) is 1.64. The van der Waals surface area contributed by atoms with Crippen LogP contribution in [0.15, 0.2) is 30.3 Å². The Morgan fingerprint density at radius 2 is 2.17 bits per heavy atom. The van der Waals surface area contributed by atoms with E-state index < -0.39 is 0 Å². The molecule has 1 N–H and O–H groups in total. The van der Waals surface area contributed by atoms with Gasteiger partial charge in [-0.2, -0.15) is 0 Å². The minimum Gasteiger partial charge on any atom is -0.374 e. The van der Waals surface area contributed by atoms with Crippen LogP contribution >= 0.6 is 0 Å². The van der Waals surface area contributed by atoms with Gasteiger partial charge in [0.05, 0.1) is 12.7 Å². The van der Waals surface area contributed by atoms with Crippen molar-refractivity contribution in [2.24, 2.45) is 0 Å². The zero-order chi connectivity index (χ0) is 12.2. The molecule has 0 aromatic heterocycles. The zero-order valence-electron chi connectivity index (χ0n) is 10.8. The Labute approximate surface area is 109 Å². The largest absolute Gasteiger partial charge is 0.374 e.